The second-order valence-corrected chi connectivity index (χ2v) is 6.83. The largest absolute Gasteiger partial charge is 0.453 e. The zero-order valence-electron chi connectivity index (χ0n) is 16.7. The lowest BCUT2D eigenvalue weighted by molar-refractivity contribution is -0.153. The van der Waals surface area contributed by atoms with Gasteiger partial charge in [-0.25, -0.2) is 18.2 Å². The molecule has 1 N–H and O–H groups in total. The van der Waals surface area contributed by atoms with Crippen LogP contribution in [0, 0.1) is 24.4 Å². The topological polar surface area (TPSA) is 81.4 Å². The fourth-order valence-electron chi connectivity index (χ4n) is 2.65. The lowest BCUT2D eigenvalue weighted by Crippen LogP contribution is -2.30. The van der Waals surface area contributed by atoms with Gasteiger partial charge < -0.3 is 14.5 Å². The summed E-state index contributed by atoms with van der Waals surface area (Å²) in [6.07, 6.45) is 0.312. The first kappa shape index (κ1) is 22.1. The number of amides is 1. The summed E-state index contributed by atoms with van der Waals surface area (Å²) in [5, 5.41) is 2.05. The normalized spacial score (nSPS) is 11.8. The van der Waals surface area contributed by atoms with Crippen LogP contribution in [0.3, 0.4) is 0 Å². The number of halogens is 3. The molecule has 1 aromatic heterocycles. The highest BCUT2D eigenvalue weighted by atomic mass is 19.2. The molecule has 3 aromatic rings. The number of anilines is 1. The number of nitrogens with zero attached hydrogens (tertiary/aromatic N) is 1. The van der Waals surface area contributed by atoms with Crippen molar-refractivity contribution in [2.45, 2.75) is 32.8 Å². The van der Waals surface area contributed by atoms with E-state index in [0.29, 0.717) is 17.7 Å². The number of aryl methyl sites for hydroxylation is 2. The summed E-state index contributed by atoms with van der Waals surface area (Å²) in [5.41, 5.74) is 1.40. The molecule has 3 rings (SSSR count). The van der Waals surface area contributed by atoms with E-state index < -0.39 is 41.1 Å². The lowest BCUT2D eigenvalue weighted by Gasteiger charge is -2.14. The predicted molar refractivity (Wildman–Crippen MR) is 105 cm³/mol. The van der Waals surface area contributed by atoms with Gasteiger partial charge in [-0.15, -0.1) is 0 Å². The summed E-state index contributed by atoms with van der Waals surface area (Å²) in [6, 6.07) is 9.20. The first-order chi connectivity index (χ1) is 14.7. The Morgan fingerprint density at radius 2 is 1.81 bits per heavy atom. The Hall–Kier alpha value is -3.62. The second-order valence-electron chi connectivity index (χ2n) is 6.83. The molecule has 9 heteroatoms. The molecule has 6 nitrogen and oxygen atoms in total. The molecule has 0 radical (unpaired) electrons. The van der Waals surface area contributed by atoms with E-state index in [2.05, 4.69) is 10.3 Å². The number of aromatic nitrogens is 1. The number of hydrogen-bond acceptors (Lipinski definition) is 5. The molecular weight excluding hydrogens is 413 g/mol. The summed E-state index contributed by atoms with van der Waals surface area (Å²) in [6.45, 7) is 3.24. The molecule has 0 saturated heterocycles. The maximum atomic E-state index is 13.6. The molecule has 1 heterocycles. The molecule has 0 saturated carbocycles. The van der Waals surface area contributed by atoms with Gasteiger partial charge >= 0.3 is 5.97 Å². The number of esters is 1. The minimum atomic E-state index is -1.71. The smallest absolute Gasteiger partial charge is 0.307 e. The minimum absolute atomic E-state index is 0.106. The third-order valence-corrected chi connectivity index (χ3v) is 4.40. The van der Waals surface area contributed by atoms with Crippen molar-refractivity contribution in [3.8, 4) is 11.3 Å². The number of rotatable bonds is 7. The van der Waals surface area contributed by atoms with E-state index >= 15 is 0 Å². The van der Waals surface area contributed by atoms with Gasteiger partial charge in [0.15, 0.2) is 35.2 Å². The van der Waals surface area contributed by atoms with Crippen molar-refractivity contribution in [1.29, 1.82) is 0 Å². The first-order valence-electron chi connectivity index (χ1n) is 9.40. The molecule has 0 aliphatic carbocycles. The van der Waals surface area contributed by atoms with Crippen LogP contribution in [0.15, 0.2) is 47.0 Å². The summed E-state index contributed by atoms with van der Waals surface area (Å²) < 4.78 is 50.5. The maximum absolute atomic E-state index is 13.6. The summed E-state index contributed by atoms with van der Waals surface area (Å²) in [4.78, 5) is 28.2. The van der Waals surface area contributed by atoms with Crippen molar-refractivity contribution in [3.63, 3.8) is 0 Å². The molecule has 0 fully saturated rings. The second kappa shape index (κ2) is 9.46. The Labute approximate surface area is 176 Å². The van der Waals surface area contributed by atoms with Crippen LogP contribution in [0.5, 0.6) is 0 Å². The molecule has 1 atom stereocenters. The van der Waals surface area contributed by atoms with Crippen molar-refractivity contribution >= 4 is 17.6 Å². The van der Waals surface area contributed by atoms with Gasteiger partial charge in [-0.05, 0) is 26.0 Å². The Morgan fingerprint density at radius 1 is 1.10 bits per heavy atom. The van der Waals surface area contributed by atoms with Crippen LogP contribution in [-0.2, 0) is 20.7 Å². The molecule has 2 aromatic carbocycles. The molecule has 1 amide bonds. The number of carbonyl (C=O) groups is 2. The Balaban J connectivity index is 1.51. The van der Waals surface area contributed by atoms with Crippen molar-refractivity contribution in [2.75, 3.05) is 5.32 Å². The zero-order valence-corrected chi connectivity index (χ0v) is 16.7. The highest BCUT2D eigenvalue weighted by Crippen LogP contribution is 2.22. The fraction of sp³-hybridized carbons (Fsp3) is 0.227. The van der Waals surface area contributed by atoms with Crippen molar-refractivity contribution in [1.82, 2.24) is 4.98 Å². The molecule has 0 aliphatic rings. The van der Waals surface area contributed by atoms with Crippen molar-refractivity contribution in [3.05, 3.63) is 71.5 Å². The van der Waals surface area contributed by atoms with E-state index in [9.17, 15) is 22.8 Å². The average Bonchev–Trinajstić information content (AvgIpc) is 3.22. The van der Waals surface area contributed by atoms with Gasteiger partial charge in [-0.3, -0.25) is 9.59 Å². The Kier molecular flexibility index (Phi) is 6.74. The van der Waals surface area contributed by atoms with Gasteiger partial charge in [0.2, 0.25) is 0 Å². The fourth-order valence-corrected chi connectivity index (χ4v) is 2.65. The lowest BCUT2D eigenvalue weighted by atomic mass is 10.1. The number of benzene rings is 2. The quantitative estimate of drug-likeness (QED) is 0.437. The van der Waals surface area contributed by atoms with E-state index in [-0.39, 0.29) is 12.8 Å². The highest BCUT2D eigenvalue weighted by molar-refractivity contribution is 5.95. The van der Waals surface area contributed by atoms with Gasteiger partial charge in [0.25, 0.3) is 5.91 Å². The molecule has 0 spiro atoms. The third kappa shape index (κ3) is 5.50. The van der Waals surface area contributed by atoms with E-state index in [0.717, 1.165) is 17.2 Å². The van der Waals surface area contributed by atoms with Gasteiger partial charge in [0, 0.05) is 12.0 Å². The van der Waals surface area contributed by atoms with Gasteiger partial charge in [-0.1, -0.05) is 29.8 Å². The average molecular weight is 432 g/mol. The van der Waals surface area contributed by atoms with Crippen LogP contribution in [0.25, 0.3) is 11.3 Å². The third-order valence-electron chi connectivity index (χ3n) is 4.40. The Bertz CT molecular complexity index is 1100. The van der Waals surface area contributed by atoms with E-state index in [4.69, 9.17) is 9.15 Å². The van der Waals surface area contributed by atoms with Gasteiger partial charge in [-0.2, -0.15) is 0 Å². The van der Waals surface area contributed by atoms with E-state index in [1.54, 1.807) is 6.20 Å². The molecular formula is C22H19F3N2O4. The molecule has 0 unspecified atom stereocenters. The van der Waals surface area contributed by atoms with Crippen molar-refractivity contribution < 1.29 is 31.9 Å². The van der Waals surface area contributed by atoms with Crippen LogP contribution in [-0.4, -0.2) is 23.0 Å². The highest BCUT2D eigenvalue weighted by Gasteiger charge is 2.21. The minimum Gasteiger partial charge on any atom is -0.453 e. The molecule has 162 valence electrons. The van der Waals surface area contributed by atoms with Crippen molar-refractivity contribution in [2.24, 2.45) is 0 Å². The first-order valence-corrected chi connectivity index (χ1v) is 9.40. The standard InChI is InChI=1S/C22H19F3N2O4/c1-12-3-5-14(6-4-12)17-11-26-18(31-17)9-10-19(28)30-13(2)22(29)27-16-8-7-15(23)20(24)21(16)25/h3-8,11,13H,9-10H2,1-2H3,(H,27,29)/t13-/m1/s1. The van der Waals surface area contributed by atoms with Crippen LogP contribution in [0.4, 0.5) is 18.9 Å². The monoisotopic (exact) mass is 432 g/mol. The van der Waals surface area contributed by atoms with Crippen LogP contribution >= 0.6 is 0 Å². The van der Waals surface area contributed by atoms with Gasteiger partial charge in [0.05, 0.1) is 18.3 Å². The number of ether oxygens (including phenoxy) is 1. The number of carbonyl (C=O) groups excluding carboxylic acids is 2. The predicted octanol–water partition coefficient (Wildman–Crippen LogP) is 4.57. The van der Waals surface area contributed by atoms with E-state index in [1.165, 1.54) is 6.92 Å². The van der Waals surface area contributed by atoms with Gasteiger partial charge in [0.1, 0.15) is 0 Å². The summed E-state index contributed by atoms with van der Waals surface area (Å²) in [7, 11) is 0. The maximum Gasteiger partial charge on any atom is 0.307 e. The zero-order chi connectivity index (χ0) is 22.5. The summed E-state index contributed by atoms with van der Waals surface area (Å²) in [5.74, 6) is -5.34. The van der Waals surface area contributed by atoms with Crippen LogP contribution in [0.2, 0.25) is 0 Å². The SMILES string of the molecule is Cc1ccc(-c2cnc(CCC(=O)O[C@H](C)C(=O)Nc3ccc(F)c(F)c3F)o2)cc1. The summed E-state index contributed by atoms with van der Waals surface area (Å²) >= 11 is 0. The number of oxazole rings is 1. The number of hydrogen-bond donors (Lipinski definition) is 1. The van der Waals surface area contributed by atoms with Crippen LogP contribution in [0.1, 0.15) is 24.8 Å². The van der Waals surface area contributed by atoms with E-state index in [1.807, 2.05) is 31.2 Å². The number of nitrogens with one attached hydrogen (secondary N) is 1. The molecule has 0 bridgehead atoms. The molecule has 0 aliphatic heterocycles. The molecule has 31 heavy (non-hydrogen) atoms. The van der Waals surface area contributed by atoms with Crippen LogP contribution < -0.4 is 5.32 Å². The Morgan fingerprint density at radius 3 is 2.52 bits per heavy atom.